The average Bonchev–Trinajstić information content (AvgIpc) is 2.37. The highest BCUT2D eigenvalue weighted by atomic mass is 79.9. The Morgan fingerprint density at radius 3 is 2.76 bits per heavy atom. The predicted octanol–water partition coefficient (Wildman–Crippen LogP) is 4.70. The molecular formula is C14H17BrOS. The molecule has 0 N–H and O–H groups in total. The topological polar surface area (TPSA) is 17.1 Å². The monoisotopic (exact) mass is 312 g/mol. The zero-order chi connectivity index (χ0) is 12.1. The Morgan fingerprint density at radius 1 is 1.29 bits per heavy atom. The van der Waals surface area contributed by atoms with Crippen LogP contribution in [0, 0.1) is 0 Å². The summed E-state index contributed by atoms with van der Waals surface area (Å²) in [5.74, 6) is 0.878. The summed E-state index contributed by atoms with van der Waals surface area (Å²) < 4.78 is 0.978. The number of hydrogen-bond acceptors (Lipinski definition) is 2. The molecule has 1 aliphatic rings. The number of carbonyl (C=O) groups excluding carboxylic acids is 1. The molecule has 0 aliphatic heterocycles. The lowest BCUT2D eigenvalue weighted by Gasteiger charge is -2.20. The molecule has 1 aliphatic carbocycles. The summed E-state index contributed by atoms with van der Waals surface area (Å²) in [4.78, 5) is 12.0. The van der Waals surface area contributed by atoms with Gasteiger partial charge in [0.05, 0.1) is 5.75 Å². The first kappa shape index (κ1) is 13.2. The van der Waals surface area contributed by atoms with Gasteiger partial charge >= 0.3 is 0 Å². The quantitative estimate of drug-likeness (QED) is 0.750. The Morgan fingerprint density at radius 2 is 2.06 bits per heavy atom. The van der Waals surface area contributed by atoms with Crippen molar-refractivity contribution in [2.24, 2.45) is 0 Å². The van der Waals surface area contributed by atoms with Crippen molar-refractivity contribution in [2.75, 3.05) is 5.75 Å². The van der Waals surface area contributed by atoms with Crippen LogP contribution in [-0.4, -0.2) is 16.8 Å². The van der Waals surface area contributed by atoms with Crippen molar-refractivity contribution in [2.45, 2.75) is 37.4 Å². The van der Waals surface area contributed by atoms with Gasteiger partial charge in [-0.2, -0.15) is 11.8 Å². The first-order valence-electron chi connectivity index (χ1n) is 6.16. The van der Waals surface area contributed by atoms with Crippen molar-refractivity contribution in [3.8, 4) is 0 Å². The van der Waals surface area contributed by atoms with E-state index >= 15 is 0 Å². The fourth-order valence-electron chi connectivity index (χ4n) is 2.17. The largest absolute Gasteiger partial charge is 0.293 e. The fraction of sp³-hybridized carbons (Fsp3) is 0.500. The lowest BCUT2D eigenvalue weighted by molar-refractivity contribution is 0.102. The summed E-state index contributed by atoms with van der Waals surface area (Å²) in [5.41, 5.74) is 0.822. The maximum Gasteiger partial charge on any atom is 0.172 e. The summed E-state index contributed by atoms with van der Waals surface area (Å²) >= 11 is 5.24. The molecule has 0 spiro atoms. The Kier molecular flexibility index (Phi) is 5.11. The minimum absolute atomic E-state index is 0.252. The SMILES string of the molecule is O=C(CSC1CCCCC1)c1cccc(Br)c1. The van der Waals surface area contributed by atoms with Crippen LogP contribution >= 0.6 is 27.7 Å². The molecule has 92 valence electrons. The summed E-state index contributed by atoms with van der Waals surface area (Å²) in [7, 11) is 0. The summed E-state index contributed by atoms with van der Waals surface area (Å²) in [6.45, 7) is 0. The molecule has 0 unspecified atom stereocenters. The highest BCUT2D eigenvalue weighted by Crippen LogP contribution is 2.28. The second-order valence-electron chi connectivity index (χ2n) is 4.50. The standard InChI is InChI=1S/C14H17BrOS/c15-12-6-4-5-11(9-12)14(16)10-17-13-7-2-1-3-8-13/h4-6,9,13H,1-3,7-8,10H2. The summed E-state index contributed by atoms with van der Waals surface area (Å²) in [6, 6.07) is 7.67. The summed E-state index contributed by atoms with van der Waals surface area (Å²) in [6.07, 6.45) is 6.62. The molecule has 0 heterocycles. The molecule has 0 radical (unpaired) electrons. The van der Waals surface area contributed by atoms with Crippen LogP contribution in [0.2, 0.25) is 0 Å². The van der Waals surface area contributed by atoms with Gasteiger partial charge in [0.25, 0.3) is 0 Å². The molecule has 1 aromatic carbocycles. The van der Waals surface area contributed by atoms with Gasteiger partial charge in [0.15, 0.2) is 5.78 Å². The molecule has 0 amide bonds. The number of thioether (sulfide) groups is 1. The molecule has 1 nitrogen and oxygen atoms in total. The van der Waals surface area contributed by atoms with Crippen molar-refractivity contribution in [1.29, 1.82) is 0 Å². The van der Waals surface area contributed by atoms with Gasteiger partial charge in [-0.05, 0) is 25.0 Å². The van der Waals surface area contributed by atoms with Crippen LogP contribution in [0.25, 0.3) is 0 Å². The predicted molar refractivity (Wildman–Crippen MR) is 77.8 cm³/mol. The van der Waals surface area contributed by atoms with E-state index < -0.39 is 0 Å². The molecule has 0 aromatic heterocycles. The first-order valence-corrected chi connectivity index (χ1v) is 8.00. The van der Waals surface area contributed by atoms with Crippen molar-refractivity contribution in [3.63, 3.8) is 0 Å². The molecule has 17 heavy (non-hydrogen) atoms. The minimum atomic E-state index is 0.252. The Bertz CT molecular complexity index is 386. The Labute approximate surface area is 115 Å². The lowest BCUT2D eigenvalue weighted by atomic mass is 10.0. The van der Waals surface area contributed by atoms with Crippen LogP contribution in [0.1, 0.15) is 42.5 Å². The summed E-state index contributed by atoms with van der Waals surface area (Å²) in [5, 5.41) is 0.708. The molecule has 1 aromatic rings. The van der Waals surface area contributed by atoms with Crippen LogP contribution in [-0.2, 0) is 0 Å². The molecule has 1 saturated carbocycles. The normalized spacial score (nSPS) is 17.0. The molecular weight excluding hydrogens is 296 g/mol. The third kappa shape index (κ3) is 4.14. The van der Waals surface area contributed by atoms with E-state index in [4.69, 9.17) is 0 Å². The molecule has 0 atom stereocenters. The zero-order valence-electron chi connectivity index (χ0n) is 9.82. The lowest BCUT2D eigenvalue weighted by Crippen LogP contribution is -2.12. The van der Waals surface area contributed by atoms with Crippen molar-refractivity contribution >= 4 is 33.5 Å². The van der Waals surface area contributed by atoms with Gasteiger partial charge in [-0.25, -0.2) is 0 Å². The molecule has 1 fully saturated rings. The third-order valence-electron chi connectivity index (χ3n) is 3.15. The van der Waals surface area contributed by atoms with E-state index in [0.717, 1.165) is 10.0 Å². The van der Waals surface area contributed by atoms with E-state index in [9.17, 15) is 4.79 Å². The maximum atomic E-state index is 12.0. The van der Waals surface area contributed by atoms with Gasteiger partial charge in [0, 0.05) is 15.3 Å². The number of Topliss-reactive ketones (excluding diaryl/α,β-unsaturated/α-hetero) is 1. The Balaban J connectivity index is 1.84. The number of rotatable bonds is 4. The second-order valence-corrected chi connectivity index (χ2v) is 6.71. The van der Waals surface area contributed by atoms with E-state index in [0.29, 0.717) is 11.0 Å². The smallest absolute Gasteiger partial charge is 0.172 e. The first-order chi connectivity index (χ1) is 8.25. The number of halogens is 1. The van der Waals surface area contributed by atoms with Gasteiger partial charge in [-0.3, -0.25) is 4.79 Å². The number of ketones is 1. The van der Waals surface area contributed by atoms with Crippen molar-refractivity contribution < 1.29 is 4.79 Å². The van der Waals surface area contributed by atoms with Crippen LogP contribution in [0.5, 0.6) is 0 Å². The number of benzene rings is 1. The van der Waals surface area contributed by atoms with Gasteiger partial charge in [-0.1, -0.05) is 47.3 Å². The molecule has 0 bridgehead atoms. The van der Waals surface area contributed by atoms with Gasteiger partial charge in [0.2, 0.25) is 0 Å². The van der Waals surface area contributed by atoms with Crippen LogP contribution in [0.4, 0.5) is 0 Å². The fourth-order valence-corrected chi connectivity index (χ4v) is 3.79. The third-order valence-corrected chi connectivity index (χ3v) is 5.01. The molecule has 3 heteroatoms. The van der Waals surface area contributed by atoms with Crippen LogP contribution < -0.4 is 0 Å². The van der Waals surface area contributed by atoms with Gasteiger partial charge in [-0.15, -0.1) is 0 Å². The highest BCUT2D eigenvalue weighted by Gasteiger charge is 2.15. The van der Waals surface area contributed by atoms with E-state index in [1.807, 2.05) is 36.0 Å². The van der Waals surface area contributed by atoms with E-state index in [-0.39, 0.29) is 5.78 Å². The van der Waals surface area contributed by atoms with Crippen LogP contribution in [0.3, 0.4) is 0 Å². The van der Waals surface area contributed by atoms with E-state index in [1.54, 1.807) is 0 Å². The van der Waals surface area contributed by atoms with Crippen LogP contribution in [0.15, 0.2) is 28.7 Å². The zero-order valence-corrected chi connectivity index (χ0v) is 12.2. The van der Waals surface area contributed by atoms with Crippen molar-refractivity contribution in [1.82, 2.24) is 0 Å². The maximum absolute atomic E-state index is 12.0. The van der Waals surface area contributed by atoms with E-state index in [2.05, 4.69) is 15.9 Å². The van der Waals surface area contributed by atoms with Gasteiger partial charge < -0.3 is 0 Å². The van der Waals surface area contributed by atoms with E-state index in [1.165, 1.54) is 32.1 Å². The minimum Gasteiger partial charge on any atom is -0.293 e. The number of hydrogen-bond donors (Lipinski definition) is 0. The molecule has 0 saturated heterocycles. The molecule has 2 rings (SSSR count). The second kappa shape index (κ2) is 6.60. The van der Waals surface area contributed by atoms with Gasteiger partial charge in [0.1, 0.15) is 0 Å². The number of carbonyl (C=O) groups is 1. The van der Waals surface area contributed by atoms with Crippen molar-refractivity contribution in [3.05, 3.63) is 34.3 Å². The highest BCUT2D eigenvalue weighted by molar-refractivity contribution is 9.10. The Hall–Kier alpha value is -0.280. The average molecular weight is 313 g/mol.